The second-order valence-electron chi connectivity index (χ2n) is 8.54. The monoisotopic (exact) mass is 411 g/mol. The van der Waals surface area contributed by atoms with Crippen molar-refractivity contribution in [2.75, 3.05) is 6.61 Å². The van der Waals surface area contributed by atoms with Gasteiger partial charge in [0.1, 0.15) is 23.9 Å². The lowest BCUT2D eigenvalue weighted by atomic mass is 9.34. The Morgan fingerprint density at radius 2 is 1.93 bits per heavy atom. The molecule has 6 rings (SSSR count). The van der Waals surface area contributed by atoms with Crippen LogP contribution < -0.4 is 4.74 Å². The third-order valence-corrected chi connectivity index (χ3v) is 6.38. The number of nitrogens with zero attached hydrogens (tertiary/aromatic N) is 5. The molecule has 154 valence electrons. The van der Waals surface area contributed by atoms with Crippen LogP contribution in [0, 0.1) is 33.8 Å². The van der Waals surface area contributed by atoms with Crippen LogP contribution in [0.5, 0.6) is 5.88 Å². The maximum atomic E-state index is 13.6. The van der Waals surface area contributed by atoms with E-state index in [4.69, 9.17) is 10.00 Å². The smallest absolute Gasteiger partial charge is 0.232 e. The van der Waals surface area contributed by atoms with Crippen LogP contribution in [0.1, 0.15) is 43.0 Å². The van der Waals surface area contributed by atoms with E-state index in [2.05, 4.69) is 15.1 Å². The highest BCUT2D eigenvalue weighted by atomic mass is 19.1. The van der Waals surface area contributed by atoms with E-state index in [1.54, 1.807) is 11.2 Å². The predicted octanol–water partition coefficient (Wildman–Crippen LogP) is 2.93. The molecule has 0 saturated heterocycles. The molecule has 2 heterocycles. The largest absolute Gasteiger partial charge is 0.476 e. The Morgan fingerprint density at radius 1 is 1.20 bits per heavy atom. The van der Waals surface area contributed by atoms with Gasteiger partial charge in [-0.05, 0) is 37.0 Å². The molecule has 9 heteroatoms. The van der Waals surface area contributed by atoms with Gasteiger partial charge in [0, 0.05) is 29.5 Å². The molecule has 2 unspecified atom stereocenters. The molecule has 2 atom stereocenters. The Hall–Kier alpha value is -3.12. The zero-order valence-corrected chi connectivity index (χ0v) is 16.0. The van der Waals surface area contributed by atoms with Crippen LogP contribution >= 0.6 is 0 Å². The van der Waals surface area contributed by atoms with E-state index in [9.17, 15) is 13.9 Å². The molecule has 1 N–H and O–H groups in total. The molecule has 1 aromatic carbocycles. The molecule has 0 radical (unpaired) electrons. The average Bonchev–Trinajstić information content (AvgIpc) is 3.15. The Balaban J connectivity index is 1.21. The van der Waals surface area contributed by atoms with Crippen LogP contribution in [0.4, 0.5) is 8.78 Å². The molecule has 1 aromatic heterocycles. The molecular weight excluding hydrogens is 392 g/mol. The molecule has 3 saturated carbocycles. The van der Waals surface area contributed by atoms with E-state index < -0.39 is 17.9 Å². The molecule has 3 fully saturated rings. The Labute approximate surface area is 171 Å². The summed E-state index contributed by atoms with van der Waals surface area (Å²) in [6, 6.07) is 4.94. The third-order valence-electron chi connectivity index (χ3n) is 6.38. The Kier molecular flexibility index (Phi) is 4.22. The summed E-state index contributed by atoms with van der Waals surface area (Å²) in [4.78, 5) is 7.99. The van der Waals surface area contributed by atoms with Crippen LogP contribution in [0.2, 0.25) is 0 Å². The van der Waals surface area contributed by atoms with Crippen molar-refractivity contribution in [3.05, 3.63) is 53.5 Å². The number of hydrogen-bond donors (Lipinski definition) is 1. The first-order valence-electron chi connectivity index (χ1n) is 9.72. The van der Waals surface area contributed by atoms with Crippen molar-refractivity contribution in [2.45, 2.75) is 38.0 Å². The highest BCUT2D eigenvalue weighted by molar-refractivity contribution is 5.61. The number of benzene rings is 1. The van der Waals surface area contributed by atoms with Crippen LogP contribution in [-0.4, -0.2) is 39.1 Å². The first kappa shape index (κ1) is 18.9. The predicted molar refractivity (Wildman–Crippen MR) is 101 cm³/mol. The topological polar surface area (TPSA) is 94.6 Å². The molecule has 30 heavy (non-hydrogen) atoms. The zero-order valence-electron chi connectivity index (χ0n) is 16.0. The Bertz CT molecular complexity index is 1010. The van der Waals surface area contributed by atoms with E-state index in [0.29, 0.717) is 24.5 Å². The molecule has 2 bridgehead atoms. The third kappa shape index (κ3) is 2.99. The number of hydrogen-bond acceptors (Lipinski definition) is 7. The summed E-state index contributed by atoms with van der Waals surface area (Å²) in [6.07, 6.45) is 6.46. The van der Waals surface area contributed by atoms with Gasteiger partial charge in [-0.1, -0.05) is 0 Å². The number of aliphatic hydroxyl groups excluding tert-OH is 1. The van der Waals surface area contributed by atoms with Crippen LogP contribution in [0.25, 0.3) is 0 Å². The number of aliphatic hydroxyl groups is 1. The highest BCUT2D eigenvalue weighted by Crippen LogP contribution is 2.75. The minimum absolute atomic E-state index is 0.0134. The van der Waals surface area contributed by atoms with E-state index in [1.807, 2.05) is 6.07 Å². The van der Waals surface area contributed by atoms with Crippen molar-refractivity contribution < 1.29 is 18.6 Å². The van der Waals surface area contributed by atoms with Crippen molar-refractivity contribution >= 4 is 6.21 Å². The van der Waals surface area contributed by atoms with Crippen LogP contribution in [-0.2, 0) is 0 Å². The van der Waals surface area contributed by atoms with E-state index in [1.165, 1.54) is 24.5 Å². The van der Waals surface area contributed by atoms with Gasteiger partial charge in [-0.2, -0.15) is 10.4 Å². The summed E-state index contributed by atoms with van der Waals surface area (Å²) < 4.78 is 33.0. The van der Waals surface area contributed by atoms with E-state index in [-0.39, 0.29) is 22.6 Å². The number of aromatic nitrogens is 2. The summed E-state index contributed by atoms with van der Waals surface area (Å²) in [7, 11) is 0. The molecule has 2 aromatic rings. The van der Waals surface area contributed by atoms with Gasteiger partial charge in [0.05, 0.1) is 25.0 Å². The minimum atomic E-state index is -0.829. The summed E-state index contributed by atoms with van der Waals surface area (Å²) in [5.74, 6) is -0.914. The van der Waals surface area contributed by atoms with Gasteiger partial charge in [0.15, 0.2) is 5.69 Å². The van der Waals surface area contributed by atoms with Crippen LogP contribution in [0.15, 0.2) is 35.7 Å². The first-order chi connectivity index (χ1) is 14.4. The zero-order chi connectivity index (χ0) is 20.9. The van der Waals surface area contributed by atoms with Gasteiger partial charge in [-0.25, -0.2) is 18.7 Å². The summed E-state index contributed by atoms with van der Waals surface area (Å²) >= 11 is 0. The van der Waals surface area contributed by atoms with Crippen molar-refractivity contribution in [1.29, 1.82) is 5.26 Å². The number of nitriles is 1. The van der Waals surface area contributed by atoms with Crippen molar-refractivity contribution in [3.63, 3.8) is 0 Å². The average molecular weight is 411 g/mol. The molecule has 7 nitrogen and oxygen atoms in total. The van der Waals surface area contributed by atoms with E-state index in [0.717, 1.165) is 25.3 Å². The highest BCUT2D eigenvalue weighted by Gasteiger charge is 2.72. The normalized spacial score (nSPS) is 29.7. The summed E-state index contributed by atoms with van der Waals surface area (Å²) in [5.41, 5.74) is 0.397. The van der Waals surface area contributed by atoms with Gasteiger partial charge in [0.2, 0.25) is 5.88 Å². The molecule has 3 aliphatic carbocycles. The summed E-state index contributed by atoms with van der Waals surface area (Å²) in [6.45, 7) is 0.462. The standard InChI is InChI=1S/C21H19F2N5O2/c22-14-3-13(4-15(23)5-14)17-1-2-27-28(17)19(29)21-9-20(10-21,11-21)12-30-18-8-25-16(6-24)7-26-18/h2-5,7-8,17,19,29H,1,9-12H2. The SMILES string of the molecule is N#Cc1cnc(OCC23CC(C(O)N4N=CCC4c4cc(F)cc(F)c4)(C2)C3)cn1. The van der Waals surface area contributed by atoms with Gasteiger partial charge in [0.25, 0.3) is 0 Å². The molecule has 0 spiro atoms. The number of halogens is 2. The van der Waals surface area contributed by atoms with Crippen molar-refractivity contribution in [2.24, 2.45) is 15.9 Å². The molecule has 0 amide bonds. The van der Waals surface area contributed by atoms with Crippen molar-refractivity contribution in [1.82, 2.24) is 15.0 Å². The fourth-order valence-electron chi connectivity index (χ4n) is 5.19. The number of ether oxygens (including phenoxy) is 1. The number of rotatable bonds is 6. The number of hydrazone groups is 1. The van der Waals surface area contributed by atoms with E-state index >= 15 is 0 Å². The second kappa shape index (κ2) is 6.71. The fraction of sp³-hybridized carbons (Fsp3) is 0.429. The second-order valence-corrected chi connectivity index (χ2v) is 8.54. The van der Waals surface area contributed by atoms with Crippen LogP contribution in [0.3, 0.4) is 0 Å². The maximum Gasteiger partial charge on any atom is 0.232 e. The quantitative estimate of drug-likeness (QED) is 0.786. The molecular formula is C21H19F2N5O2. The lowest BCUT2D eigenvalue weighted by Gasteiger charge is -2.72. The van der Waals surface area contributed by atoms with Gasteiger partial charge >= 0.3 is 0 Å². The first-order valence-corrected chi connectivity index (χ1v) is 9.72. The Morgan fingerprint density at radius 3 is 2.57 bits per heavy atom. The maximum absolute atomic E-state index is 13.6. The van der Waals surface area contributed by atoms with Gasteiger partial charge in [-0.15, -0.1) is 0 Å². The minimum Gasteiger partial charge on any atom is -0.476 e. The van der Waals surface area contributed by atoms with Gasteiger partial charge in [-0.3, -0.25) is 5.01 Å². The lowest BCUT2D eigenvalue weighted by molar-refractivity contribution is -0.299. The molecule has 4 aliphatic rings. The van der Waals surface area contributed by atoms with Crippen molar-refractivity contribution in [3.8, 4) is 11.9 Å². The van der Waals surface area contributed by atoms with Gasteiger partial charge < -0.3 is 9.84 Å². The summed E-state index contributed by atoms with van der Waals surface area (Å²) in [5, 5.41) is 25.7. The molecule has 1 aliphatic heterocycles. The lowest BCUT2D eigenvalue weighted by Crippen LogP contribution is -2.71. The fourth-order valence-corrected chi connectivity index (χ4v) is 5.19.